The van der Waals surface area contributed by atoms with Crippen molar-refractivity contribution in [1.29, 1.82) is 0 Å². The topological polar surface area (TPSA) is 55.8 Å². The number of benzene rings is 3. The number of rotatable bonds is 5. The van der Waals surface area contributed by atoms with Gasteiger partial charge in [-0.15, -0.1) is 0 Å². The molecule has 2 fully saturated rings. The molecule has 0 saturated carbocycles. The smallest absolute Gasteiger partial charge is 0.410 e. The lowest BCUT2D eigenvalue weighted by atomic mass is 9.75. The van der Waals surface area contributed by atoms with Gasteiger partial charge in [0, 0.05) is 29.5 Å². The van der Waals surface area contributed by atoms with Gasteiger partial charge < -0.3 is 14.4 Å². The molecule has 0 radical (unpaired) electrons. The van der Waals surface area contributed by atoms with Crippen LogP contribution >= 0.6 is 0 Å². The van der Waals surface area contributed by atoms with Gasteiger partial charge in [0.15, 0.2) is 5.78 Å². The Kier molecular flexibility index (Phi) is 6.46. The summed E-state index contributed by atoms with van der Waals surface area (Å²) in [5, 5.41) is 0. The van der Waals surface area contributed by atoms with Crippen molar-refractivity contribution in [3.05, 3.63) is 88.5 Å². The van der Waals surface area contributed by atoms with Gasteiger partial charge in [0.2, 0.25) is 0 Å². The maximum Gasteiger partial charge on any atom is 0.410 e. The molecule has 2 heterocycles. The average Bonchev–Trinajstić information content (AvgIpc) is 3.24. The molecule has 1 amide bonds. The Bertz CT molecular complexity index is 1310. The first-order chi connectivity index (χ1) is 18.5. The van der Waals surface area contributed by atoms with Gasteiger partial charge in [-0.3, -0.25) is 4.79 Å². The van der Waals surface area contributed by atoms with Crippen molar-refractivity contribution in [2.45, 2.75) is 64.0 Å². The Morgan fingerprint density at radius 3 is 1.97 bits per heavy atom. The van der Waals surface area contributed by atoms with Crippen molar-refractivity contribution < 1.29 is 19.1 Å². The van der Waals surface area contributed by atoms with E-state index in [0.29, 0.717) is 19.4 Å². The van der Waals surface area contributed by atoms with Crippen LogP contribution in [0.15, 0.2) is 60.7 Å². The third-order valence-corrected chi connectivity index (χ3v) is 8.84. The fourth-order valence-electron chi connectivity index (χ4n) is 7.21. The quantitative estimate of drug-likeness (QED) is 0.345. The number of ether oxygens (including phenoxy) is 2. The second kappa shape index (κ2) is 9.94. The minimum absolute atomic E-state index is 0.0480. The number of methoxy groups -OCH3 is 1. The molecule has 2 aliphatic heterocycles. The van der Waals surface area contributed by atoms with Gasteiger partial charge in [0.25, 0.3) is 0 Å². The lowest BCUT2D eigenvalue weighted by Gasteiger charge is -2.47. The van der Waals surface area contributed by atoms with Gasteiger partial charge in [0.05, 0.1) is 7.11 Å². The van der Waals surface area contributed by atoms with E-state index in [0.717, 1.165) is 41.7 Å². The van der Waals surface area contributed by atoms with Crippen molar-refractivity contribution >= 4 is 11.9 Å². The summed E-state index contributed by atoms with van der Waals surface area (Å²) in [7, 11) is 1.66. The molecule has 5 heteroatoms. The zero-order chi connectivity index (χ0) is 26.4. The zero-order valence-electron chi connectivity index (χ0n) is 22.4. The number of hydrogen-bond acceptors (Lipinski definition) is 4. The molecule has 2 bridgehead atoms. The zero-order valence-corrected chi connectivity index (χ0v) is 22.4. The Morgan fingerprint density at radius 1 is 0.868 bits per heavy atom. The van der Waals surface area contributed by atoms with Crippen molar-refractivity contribution in [2.24, 2.45) is 5.92 Å². The third-order valence-electron chi connectivity index (χ3n) is 8.84. The van der Waals surface area contributed by atoms with Gasteiger partial charge in [-0.1, -0.05) is 48.5 Å². The van der Waals surface area contributed by atoms with Crippen LogP contribution in [0.4, 0.5) is 4.79 Å². The van der Waals surface area contributed by atoms with E-state index in [1.54, 1.807) is 7.11 Å². The molecule has 2 saturated heterocycles. The largest absolute Gasteiger partial charge is 0.496 e. The molecular weight excluding hydrogens is 474 g/mol. The summed E-state index contributed by atoms with van der Waals surface area (Å²) in [5.74, 6) is 0.994. The normalized spacial score (nSPS) is 22.0. The number of amides is 1. The second-order valence-corrected chi connectivity index (χ2v) is 11.1. The molecule has 2 unspecified atom stereocenters. The van der Waals surface area contributed by atoms with E-state index in [4.69, 9.17) is 9.47 Å². The maximum atomic E-state index is 13.6. The minimum atomic E-state index is -0.233. The van der Waals surface area contributed by atoms with E-state index in [2.05, 4.69) is 48.5 Å². The summed E-state index contributed by atoms with van der Waals surface area (Å²) in [6.07, 6.45) is 4.09. The lowest BCUT2D eigenvalue weighted by molar-refractivity contribution is 0.00651. The molecule has 3 aromatic carbocycles. The van der Waals surface area contributed by atoms with Crippen LogP contribution in [0.5, 0.6) is 5.75 Å². The number of fused-ring (bicyclic) bond motifs is 5. The van der Waals surface area contributed by atoms with Crippen LogP contribution in [0, 0.1) is 19.8 Å². The Hall–Kier alpha value is -3.60. The molecule has 0 aromatic heterocycles. The highest BCUT2D eigenvalue weighted by atomic mass is 16.6. The first-order valence-electron chi connectivity index (χ1n) is 13.8. The fourth-order valence-corrected chi connectivity index (χ4v) is 7.21. The van der Waals surface area contributed by atoms with Gasteiger partial charge in [-0.2, -0.15) is 0 Å². The number of aryl methyl sites for hydroxylation is 2. The van der Waals surface area contributed by atoms with Crippen molar-refractivity contribution in [2.75, 3.05) is 13.7 Å². The number of piperidine rings is 2. The number of ketones is 1. The van der Waals surface area contributed by atoms with E-state index in [1.165, 1.54) is 22.3 Å². The predicted molar refractivity (Wildman–Crippen MR) is 148 cm³/mol. The second-order valence-electron chi connectivity index (χ2n) is 11.1. The van der Waals surface area contributed by atoms with Crippen LogP contribution in [0.25, 0.3) is 11.1 Å². The molecule has 2 atom stereocenters. The molecule has 6 rings (SSSR count). The highest BCUT2D eigenvalue weighted by Gasteiger charge is 2.44. The van der Waals surface area contributed by atoms with Crippen molar-refractivity contribution in [1.82, 2.24) is 4.90 Å². The highest BCUT2D eigenvalue weighted by molar-refractivity contribution is 5.98. The van der Waals surface area contributed by atoms with Crippen LogP contribution < -0.4 is 4.74 Å². The first-order valence-corrected chi connectivity index (χ1v) is 13.8. The molecule has 0 spiro atoms. The van der Waals surface area contributed by atoms with E-state index in [1.807, 2.05) is 30.9 Å². The summed E-state index contributed by atoms with van der Waals surface area (Å²) in [6, 6.07) is 20.8. The molecular formula is C33H35NO4. The van der Waals surface area contributed by atoms with Crippen LogP contribution in [-0.4, -0.2) is 42.6 Å². The number of hydrogen-bond donors (Lipinski definition) is 0. The molecule has 196 valence electrons. The Morgan fingerprint density at radius 2 is 1.42 bits per heavy atom. The maximum absolute atomic E-state index is 13.6. The molecule has 38 heavy (non-hydrogen) atoms. The third kappa shape index (κ3) is 4.18. The van der Waals surface area contributed by atoms with Crippen LogP contribution in [-0.2, 0) is 4.74 Å². The minimum Gasteiger partial charge on any atom is -0.496 e. The summed E-state index contributed by atoms with van der Waals surface area (Å²) < 4.78 is 11.5. The van der Waals surface area contributed by atoms with Gasteiger partial charge in [0.1, 0.15) is 12.4 Å². The lowest BCUT2D eigenvalue weighted by Crippen LogP contribution is -2.55. The number of carbonyl (C=O) groups excluding carboxylic acids is 2. The van der Waals surface area contributed by atoms with E-state index in [-0.39, 0.29) is 35.8 Å². The summed E-state index contributed by atoms with van der Waals surface area (Å²) in [4.78, 5) is 29.0. The molecule has 1 aliphatic carbocycles. The summed E-state index contributed by atoms with van der Waals surface area (Å²) >= 11 is 0. The van der Waals surface area contributed by atoms with Gasteiger partial charge in [-0.05, 0) is 91.5 Å². The number of Topliss-reactive ketones (excluding diaryl/α,β-unsaturated/α-hetero) is 1. The summed E-state index contributed by atoms with van der Waals surface area (Å²) in [6.45, 7) is 4.30. The van der Waals surface area contributed by atoms with E-state index in [9.17, 15) is 9.59 Å². The predicted octanol–water partition coefficient (Wildman–Crippen LogP) is 7.08. The number of nitrogens with zero attached hydrogens (tertiary/aromatic N) is 1. The average molecular weight is 510 g/mol. The first kappa shape index (κ1) is 24.7. The monoisotopic (exact) mass is 509 g/mol. The summed E-state index contributed by atoms with van der Waals surface area (Å²) in [5.41, 5.74) is 7.60. The van der Waals surface area contributed by atoms with E-state index < -0.39 is 0 Å². The SMILES string of the molecule is COc1c(C)cc(C(=O)C2CC3CCCC(C2)N3C(=O)OCC2c3ccccc3-c3ccccc32)cc1C. The molecule has 5 nitrogen and oxygen atoms in total. The van der Waals surface area contributed by atoms with Gasteiger partial charge in [-0.25, -0.2) is 4.79 Å². The Balaban J connectivity index is 1.16. The standard InChI is InChI=1S/C33H35NO4/c1-20-15-22(16-21(2)32(20)37-3)31(35)23-17-24-9-8-10-25(18-23)34(24)33(36)38-19-30-28-13-6-4-11-26(28)27-12-5-7-14-29(27)30/h4-7,11-16,23-25,30H,8-10,17-19H2,1-3H3. The highest BCUT2D eigenvalue weighted by Crippen LogP contribution is 2.45. The van der Waals surface area contributed by atoms with Crippen molar-refractivity contribution in [3.63, 3.8) is 0 Å². The Labute approximate surface area is 224 Å². The van der Waals surface area contributed by atoms with Gasteiger partial charge >= 0.3 is 6.09 Å². The van der Waals surface area contributed by atoms with Crippen molar-refractivity contribution in [3.8, 4) is 16.9 Å². The van der Waals surface area contributed by atoms with Crippen LogP contribution in [0.2, 0.25) is 0 Å². The van der Waals surface area contributed by atoms with Crippen LogP contribution in [0.1, 0.15) is 70.6 Å². The number of carbonyl (C=O) groups is 2. The molecule has 3 aromatic rings. The molecule has 3 aliphatic rings. The van der Waals surface area contributed by atoms with E-state index >= 15 is 0 Å². The fraction of sp³-hybridized carbons (Fsp3) is 0.394. The van der Waals surface area contributed by atoms with Crippen LogP contribution in [0.3, 0.4) is 0 Å². The molecule has 0 N–H and O–H groups in total.